The van der Waals surface area contributed by atoms with Crippen molar-refractivity contribution < 1.29 is 0 Å². The van der Waals surface area contributed by atoms with Crippen LogP contribution in [0.2, 0.25) is 0 Å². The first kappa shape index (κ1) is 26.8. The van der Waals surface area contributed by atoms with Crippen molar-refractivity contribution in [2.45, 2.75) is 0 Å². The molecule has 0 aliphatic rings. The summed E-state index contributed by atoms with van der Waals surface area (Å²) < 4.78 is 8.00. The lowest BCUT2D eigenvalue weighted by atomic mass is 10.00. The summed E-state index contributed by atoms with van der Waals surface area (Å²) >= 11 is 9.92. The molecule has 0 nitrogen and oxygen atoms in total. The smallest absolute Gasteiger partial charge is 0.0440 e. The Balaban J connectivity index is 0.000000123. The van der Waals surface area contributed by atoms with Crippen molar-refractivity contribution >= 4 is 145 Å². The number of rotatable bonds is 0. The lowest BCUT2D eigenvalue weighted by Crippen LogP contribution is -1.81. The fourth-order valence-corrected chi connectivity index (χ4v) is 10.4. The monoisotopic (exact) mass is 772 g/mol. The van der Waals surface area contributed by atoms with Gasteiger partial charge in [0, 0.05) is 59.2 Å². The van der Waals surface area contributed by atoms with Crippen LogP contribution in [-0.4, -0.2) is 0 Å². The maximum atomic E-state index is 3.68. The van der Waals surface area contributed by atoms with Gasteiger partial charge < -0.3 is 0 Å². The van der Waals surface area contributed by atoms with Gasteiger partial charge in [-0.1, -0.05) is 125 Å². The summed E-state index contributed by atoms with van der Waals surface area (Å²) in [5, 5.41) is 16.2. The molecule has 0 saturated heterocycles. The van der Waals surface area contributed by atoms with Gasteiger partial charge in [0.15, 0.2) is 0 Å². The molecule has 8 aromatic carbocycles. The van der Waals surface area contributed by atoms with Crippen molar-refractivity contribution in [3.8, 4) is 0 Å². The molecule has 2 aromatic heterocycles. The van der Waals surface area contributed by atoms with Gasteiger partial charge in [-0.25, -0.2) is 0 Å². The van der Waals surface area contributed by atoms with Crippen LogP contribution in [0.5, 0.6) is 0 Å². The molecule has 0 radical (unpaired) electrons. The molecule has 0 bridgehead atoms. The van der Waals surface area contributed by atoms with Gasteiger partial charge in [-0.15, -0.1) is 22.7 Å². The molecule has 10 aromatic rings. The third kappa shape index (κ3) is 4.12. The molecule has 208 valence electrons. The first-order chi connectivity index (χ1) is 21.7. The van der Waals surface area contributed by atoms with Crippen LogP contribution in [0.25, 0.3) is 83.4 Å². The highest BCUT2D eigenvalue weighted by Crippen LogP contribution is 2.43. The molecular weight excluding hydrogens is 751 g/mol. The number of hydrogen-bond donors (Lipinski definition) is 0. The Bertz CT molecular complexity index is 2560. The second kappa shape index (κ2) is 10.5. The largest absolute Gasteiger partial charge is 0.135 e. The summed E-state index contributed by atoms with van der Waals surface area (Å²) in [4.78, 5) is 0. The Hall–Kier alpha value is -3.55. The molecule has 2 heterocycles. The molecule has 0 saturated carbocycles. The van der Waals surface area contributed by atoms with Gasteiger partial charge in [-0.05, 0) is 79.2 Å². The third-order valence-corrected chi connectivity index (χ3v) is 12.7. The summed E-state index contributed by atoms with van der Waals surface area (Å²) in [6.45, 7) is 0. The van der Waals surface area contributed by atoms with Crippen LogP contribution in [0, 0.1) is 3.57 Å². The van der Waals surface area contributed by atoms with Crippen molar-refractivity contribution in [1.29, 1.82) is 0 Å². The Morgan fingerprint density at radius 1 is 0.386 bits per heavy atom. The van der Waals surface area contributed by atoms with E-state index in [1.54, 1.807) is 0 Å². The fraction of sp³-hybridized carbons (Fsp3) is 0. The average molecular weight is 774 g/mol. The Labute approximate surface area is 283 Å². The standard InChI is InChI=1S/C20H11BrS.C20H11IS/c2*21-17-6-3-5-15-13(17)10-8-12-9-11-16-14-4-1-2-7-18(14)22-20(16)19(12)15/h2*1-11H. The second-order valence-electron chi connectivity index (χ2n) is 11.1. The topological polar surface area (TPSA) is 0 Å². The zero-order valence-corrected chi connectivity index (χ0v) is 28.7. The van der Waals surface area contributed by atoms with E-state index in [9.17, 15) is 0 Å². The van der Waals surface area contributed by atoms with Gasteiger partial charge in [-0.3, -0.25) is 0 Å². The SMILES string of the molecule is Brc1cccc2c1ccc1ccc3c4ccccc4sc3c12.Ic1cccc2c1ccc1ccc3c4ccccc4sc3c12. The van der Waals surface area contributed by atoms with E-state index in [0.717, 1.165) is 4.47 Å². The average Bonchev–Trinajstić information content (AvgIpc) is 3.63. The van der Waals surface area contributed by atoms with E-state index >= 15 is 0 Å². The molecule has 0 aliphatic carbocycles. The van der Waals surface area contributed by atoms with Crippen molar-refractivity contribution in [2.24, 2.45) is 0 Å². The molecule has 10 rings (SSSR count). The normalized spacial score (nSPS) is 11.9. The molecule has 0 spiro atoms. The van der Waals surface area contributed by atoms with E-state index in [0.29, 0.717) is 0 Å². The highest BCUT2D eigenvalue weighted by atomic mass is 127. The minimum absolute atomic E-state index is 1.16. The van der Waals surface area contributed by atoms with Gasteiger partial charge in [-0.2, -0.15) is 0 Å². The highest BCUT2D eigenvalue weighted by Gasteiger charge is 2.13. The van der Waals surface area contributed by atoms with Crippen molar-refractivity contribution in [3.05, 3.63) is 142 Å². The lowest BCUT2D eigenvalue weighted by Gasteiger charge is -2.06. The quantitative estimate of drug-likeness (QED) is 0.106. The summed E-state index contributed by atoms with van der Waals surface area (Å²) in [5.74, 6) is 0. The Morgan fingerprint density at radius 3 is 1.43 bits per heavy atom. The van der Waals surface area contributed by atoms with Gasteiger partial charge in [0.1, 0.15) is 0 Å². The Morgan fingerprint density at radius 2 is 0.841 bits per heavy atom. The summed E-state index contributed by atoms with van der Waals surface area (Å²) in [5.41, 5.74) is 0. The van der Waals surface area contributed by atoms with Crippen LogP contribution in [0.3, 0.4) is 0 Å². The number of thiophene rings is 2. The molecule has 0 fully saturated rings. The zero-order valence-electron chi connectivity index (χ0n) is 23.3. The summed E-state index contributed by atoms with van der Waals surface area (Å²) in [7, 11) is 0. The van der Waals surface area contributed by atoms with Gasteiger partial charge in [0.25, 0.3) is 0 Å². The maximum absolute atomic E-state index is 3.68. The minimum Gasteiger partial charge on any atom is -0.135 e. The van der Waals surface area contributed by atoms with Crippen LogP contribution < -0.4 is 0 Å². The first-order valence-corrected chi connectivity index (χ1v) is 18.0. The van der Waals surface area contributed by atoms with Gasteiger partial charge >= 0.3 is 0 Å². The fourth-order valence-electron chi connectivity index (χ4n) is 6.64. The first-order valence-electron chi connectivity index (χ1n) is 14.5. The van der Waals surface area contributed by atoms with Crippen LogP contribution in [-0.2, 0) is 0 Å². The van der Waals surface area contributed by atoms with Crippen LogP contribution >= 0.6 is 61.2 Å². The van der Waals surface area contributed by atoms with Gasteiger partial charge in [0.05, 0.1) is 0 Å². The predicted octanol–water partition coefficient (Wildman–Crippen LogP) is 14.1. The van der Waals surface area contributed by atoms with E-state index in [2.05, 4.69) is 172 Å². The third-order valence-electron chi connectivity index (χ3n) is 8.66. The highest BCUT2D eigenvalue weighted by molar-refractivity contribution is 14.1. The zero-order chi connectivity index (χ0) is 29.4. The molecule has 4 heteroatoms. The molecule has 0 N–H and O–H groups in total. The number of benzene rings is 8. The van der Waals surface area contributed by atoms with Crippen LogP contribution in [0.4, 0.5) is 0 Å². The van der Waals surface area contributed by atoms with Crippen LogP contribution in [0.1, 0.15) is 0 Å². The molecule has 0 amide bonds. The maximum Gasteiger partial charge on any atom is 0.0440 e. The molecule has 0 unspecified atom stereocenters. The van der Waals surface area contributed by atoms with E-state index in [1.165, 1.54) is 87.0 Å². The minimum atomic E-state index is 1.16. The van der Waals surface area contributed by atoms with E-state index in [1.807, 2.05) is 22.7 Å². The molecular formula is C40H22BrIS2. The molecule has 0 atom stereocenters. The van der Waals surface area contributed by atoms with Crippen molar-refractivity contribution in [1.82, 2.24) is 0 Å². The predicted molar refractivity (Wildman–Crippen MR) is 209 cm³/mol. The number of hydrogen-bond acceptors (Lipinski definition) is 2. The van der Waals surface area contributed by atoms with Gasteiger partial charge in [0.2, 0.25) is 0 Å². The van der Waals surface area contributed by atoms with Crippen molar-refractivity contribution in [2.75, 3.05) is 0 Å². The number of fused-ring (bicyclic) bond motifs is 14. The Kier molecular flexibility index (Phi) is 6.41. The molecule has 44 heavy (non-hydrogen) atoms. The van der Waals surface area contributed by atoms with E-state index in [-0.39, 0.29) is 0 Å². The van der Waals surface area contributed by atoms with E-state index in [4.69, 9.17) is 0 Å². The van der Waals surface area contributed by atoms with Crippen molar-refractivity contribution in [3.63, 3.8) is 0 Å². The number of halogens is 2. The van der Waals surface area contributed by atoms with E-state index < -0.39 is 0 Å². The summed E-state index contributed by atoms with van der Waals surface area (Å²) in [6.07, 6.45) is 0. The molecule has 0 aliphatic heterocycles. The second-order valence-corrected chi connectivity index (χ2v) is 15.2. The summed E-state index contributed by atoms with van der Waals surface area (Å²) in [6, 6.07) is 48.4. The van der Waals surface area contributed by atoms with Crippen LogP contribution in [0.15, 0.2) is 138 Å². The lowest BCUT2D eigenvalue weighted by molar-refractivity contribution is 1.75.